The summed E-state index contributed by atoms with van der Waals surface area (Å²) in [6, 6.07) is 4.39. The predicted octanol–water partition coefficient (Wildman–Crippen LogP) is 2.38. The Morgan fingerprint density at radius 3 is 2.51 bits per heavy atom. The molecule has 12 heteroatoms. The number of ether oxygens (including phenoxy) is 1. The van der Waals surface area contributed by atoms with Crippen molar-refractivity contribution in [3.63, 3.8) is 0 Å². The van der Waals surface area contributed by atoms with Crippen molar-refractivity contribution in [2.75, 3.05) is 26.3 Å². The molecule has 4 rings (SSSR count). The van der Waals surface area contributed by atoms with Crippen molar-refractivity contribution >= 4 is 16.9 Å². The fourth-order valence-electron chi connectivity index (χ4n) is 4.15. The number of benzene rings is 1. The molecular formula is C23H26F3N5O4. The number of hydrogen-bond acceptors (Lipinski definition) is 6. The van der Waals surface area contributed by atoms with Gasteiger partial charge in [-0.25, -0.2) is 9.67 Å². The van der Waals surface area contributed by atoms with Gasteiger partial charge >= 0.3 is 6.18 Å². The molecule has 0 saturated carbocycles. The molecule has 1 N–H and O–H groups in total. The van der Waals surface area contributed by atoms with E-state index in [0.29, 0.717) is 44.8 Å². The van der Waals surface area contributed by atoms with E-state index in [0.717, 1.165) is 12.1 Å². The van der Waals surface area contributed by atoms with Crippen molar-refractivity contribution in [1.29, 1.82) is 0 Å². The molecule has 0 spiro atoms. The third-order valence-corrected chi connectivity index (χ3v) is 6.17. The fourth-order valence-corrected chi connectivity index (χ4v) is 4.15. The summed E-state index contributed by atoms with van der Waals surface area (Å²) in [4.78, 5) is 31.3. The molecule has 1 aliphatic rings. The molecule has 3 aromatic rings. The molecule has 2 aromatic heterocycles. The van der Waals surface area contributed by atoms with Crippen molar-refractivity contribution in [3.05, 3.63) is 52.7 Å². The minimum atomic E-state index is -4.45. The summed E-state index contributed by atoms with van der Waals surface area (Å²) in [5, 5.41) is 15.4. The summed E-state index contributed by atoms with van der Waals surface area (Å²) in [6.45, 7) is 3.51. The number of alkyl halides is 3. The smallest absolute Gasteiger partial charge is 0.388 e. The number of amides is 1. The molecular weight excluding hydrogens is 467 g/mol. The van der Waals surface area contributed by atoms with E-state index in [1.165, 1.54) is 33.9 Å². The van der Waals surface area contributed by atoms with Crippen molar-refractivity contribution in [2.24, 2.45) is 0 Å². The maximum atomic E-state index is 13.0. The highest BCUT2D eigenvalue weighted by Gasteiger charge is 2.35. The number of aromatic nitrogens is 4. The van der Waals surface area contributed by atoms with E-state index in [1.54, 1.807) is 4.90 Å². The SMILES string of the molecule is CCOCCC(=O)N1CCC(O)(Cn2cnc3c(cnn3-c3ccc(C(F)(F)F)cc3)c2=O)CC1. The van der Waals surface area contributed by atoms with Crippen LogP contribution in [0, 0.1) is 0 Å². The van der Waals surface area contributed by atoms with E-state index in [2.05, 4.69) is 10.1 Å². The summed E-state index contributed by atoms with van der Waals surface area (Å²) in [7, 11) is 0. The van der Waals surface area contributed by atoms with Gasteiger partial charge in [0.25, 0.3) is 5.56 Å². The number of piperidine rings is 1. The second kappa shape index (κ2) is 9.78. The van der Waals surface area contributed by atoms with E-state index in [1.807, 2.05) is 6.92 Å². The van der Waals surface area contributed by atoms with Crippen molar-refractivity contribution < 1.29 is 27.8 Å². The summed E-state index contributed by atoms with van der Waals surface area (Å²) < 4.78 is 46.3. The van der Waals surface area contributed by atoms with Crippen LogP contribution in [-0.4, -0.2) is 67.1 Å². The van der Waals surface area contributed by atoms with Crippen LogP contribution < -0.4 is 5.56 Å². The monoisotopic (exact) mass is 493 g/mol. The molecule has 0 unspecified atom stereocenters. The lowest BCUT2D eigenvalue weighted by atomic mass is 9.91. The standard InChI is InChI=1S/C23H26F3N5O4/c1-2-35-12-7-19(32)29-10-8-22(34,9-11-29)14-30-15-27-20-18(21(30)33)13-28-31(20)17-5-3-16(4-6-17)23(24,25)26/h3-6,13,15,34H,2,7-12,14H2,1H3. The zero-order valence-electron chi connectivity index (χ0n) is 19.2. The number of rotatable bonds is 7. The van der Waals surface area contributed by atoms with Crippen LogP contribution in [0.3, 0.4) is 0 Å². The molecule has 1 fully saturated rings. The Morgan fingerprint density at radius 1 is 1.20 bits per heavy atom. The zero-order valence-corrected chi connectivity index (χ0v) is 19.2. The number of aliphatic hydroxyl groups is 1. The van der Waals surface area contributed by atoms with Crippen molar-refractivity contribution in [1.82, 2.24) is 24.2 Å². The predicted molar refractivity (Wildman–Crippen MR) is 120 cm³/mol. The summed E-state index contributed by atoms with van der Waals surface area (Å²) >= 11 is 0. The van der Waals surface area contributed by atoms with Gasteiger partial charge in [-0.15, -0.1) is 0 Å². The van der Waals surface area contributed by atoms with Crippen LogP contribution in [0.4, 0.5) is 13.2 Å². The highest BCUT2D eigenvalue weighted by Crippen LogP contribution is 2.30. The minimum absolute atomic E-state index is 0.00120. The third kappa shape index (κ3) is 5.38. The Bertz CT molecular complexity index is 1240. The van der Waals surface area contributed by atoms with Crippen molar-refractivity contribution in [3.8, 4) is 5.69 Å². The van der Waals surface area contributed by atoms with Gasteiger partial charge in [-0.2, -0.15) is 18.3 Å². The molecule has 0 atom stereocenters. The minimum Gasteiger partial charge on any atom is -0.388 e. The van der Waals surface area contributed by atoms with Crippen LogP contribution in [0.1, 0.15) is 31.7 Å². The molecule has 1 amide bonds. The fraction of sp³-hybridized carbons (Fsp3) is 0.478. The van der Waals surface area contributed by atoms with Crippen LogP contribution in [0.5, 0.6) is 0 Å². The molecule has 35 heavy (non-hydrogen) atoms. The first-order chi connectivity index (χ1) is 16.6. The maximum absolute atomic E-state index is 13.0. The van der Waals surface area contributed by atoms with Gasteiger partial charge in [0.2, 0.25) is 5.91 Å². The molecule has 1 saturated heterocycles. The lowest BCUT2D eigenvalue weighted by Gasteiger charge is -2.38. The molecule has 0 radical (unpaired) electrons. The van der Waals surface area contributed by atoms with E-state index in [-0.39, 0.29) is 29.9 Å². The second-order valence-corrected chi connectivity index (χ2v) is 8.57. The van der Waals surface area contributed by atoms with Gasteiger partial charge < -0.3 is 14.7 Å². The molecule has 3 heterocycles. The largest absolute Gasteiger partial charge is 0.416 e. The Labute approximate surface area is 198 Å². The average molecular weight is 493 g/mol. The Hall–Kier alpha value is -3.25. The number of fused-ring (bicyclic) bond motifs is 1. The van der Waals surface area contributed by atoms with Gasteiger partial charge in [0, 0.05) is 19.7 Å². The number of carbonyl (C=O) groups is 1. The molecule has 0 bridgehead atoms. The van der Waals surface area contributed by atoms with Gasteiger partial charge in [-0.05, 0) is 44.0 Å². The lowest BCUT2D eigenvalue weighted by Crippen LogP contribution is -2.49. The zero-order chi connectivity index (χ0) is 25.2. The van der Waals surface area contributed by atoms with E-state index in [9.17, 15) is 27.9 Å². The van der Waals surface area contributed by atoms with Crippen LogP contribution in [0.15, 0.2) is 41.6 Å². The van der Waals surface area contributed by atoms with Crippen LogP contribution in [0.2, 0.25) is 0 Å². The van der Waals surface area contributed by atoms with E-state index >= 15 is 0 Å². The molecule has 1 aliphatic heterocycles. The number of carbonyl (C=O) groups excluding carboxylic acids is 1. The van der Waals surface area contributed by atoms with Gasteiger partial charge in [0.1, 0.15) is 11.7 Å². The van der Waals surface area contributed by atoms with Crippen LogP contribution in [0.25, 0.3) is 16.7 Å². The number of nitrogens with zero attached hydrogens (tertiary/aromatic N) is 5. The summed E-state index contributed by atoms with van der Waals surface area (Å²) in [6.07, 6.45) is -0.947. The lowest BCUT2D eigenvalue weighted by molar-refractivity contribution is -0.138. The first-order valence-electron chi connectivity index (χ1n) is 11.3. The highest BCUT2D eigenvalue weighted by atomic mass is 19.4. The van der Waals surface area contributed by atoms with Crippen molar-refractivity contribution in [2.45, 2.75) is 44.5 Å². The third-order valence-electron chi connectivity index (χ3n) is 6.17. The topological polar surface area (TPSA) is 102 Å². The summed E-state index contributed by atoms with van der Waals surface area (Å²) in [5.74, 6) is -0.0311. The molecule has 1 aromatic carbocycles. The van der Waals surface area contributed by atoms with Gasteiger partial charge in [0.05, 0.1) is 42.6 Å². The number of likely N-dealkylation sites (tertiary alicyclic amines) is 1. The highest BCUT2D eigenvalue weighted by molar-refractivity contribution is 5.76. The molecule has 9 nitrogen and oxygen atoms in total. The Kier molecular flexibility index (Phi) is 6.95. The Balaban J connectivity index is 1.47. The van der Waals surface area contributed by atoms with Gasteiger partial charge in [-0.1, -0.05) is 0 Å². The average Bonchev–Trinajstić information content (AvgIpc) is 3.26. The quantitative estimate of drug-likeness (QED) is 0.507. The van der Waals surface area contributed by atoms with Crippen LogP contribution in [-0.2, 0) is 22.3 Å². The van der Waals surface area contributed by atoms with E-state index < -0.39 is 22.9 Å². The van der Waals surface area contributed by atoms with Crippen LogP contribution >= 0.6 is 0 Å². The first kappa shape index (κ1) is 24.9. The Morgan fingerprint density at radius 2 is 1.89 bits per heavy atom. The maximum Gasteiger partial charge on any atom is 0.416 e. The normalized spacial score (nSPS) is 16.1. The van der Waals surface area contributed by atoms with Gasteiger partial charge in [0.15, 0.2) is 5.65 Å². The summed E-state index contributed by atoms with van der Waals surface area (Å²) in [5.41, 5.74) is -1.86. The number of halogens is 3. The first-order valence-corrected chi connectivity index (χ1v) is 11.3. The second-order valence-electron chi connectivity index (χ2n) is 8.57. The van der Waals surface area contributed by atoms with E-state index in [4.69, 9.17) is 4.74 Å². The van der Waals surface area contributed by atoms with Gasteiger partial charge in [-0.3, -0.25) is 14.2 Å². The number of hydrogen-bond donors (Lipinski definition) is 1. The molecule has 188 valence electrons. The molecule has 0 aliphatic carbocycles.